The minimum absolute atomic E-state index is 0.0441. The highest BCUT2D eigenvalue weighted by Gasteiger charge is 2.35. The van der Waals surface area contributed by atoms with E-state index in [1.807, 2.05) is 75.4 Å². The molecule has 4 rings (SSSR count). The van der Waals surface area contributed by atoms with Crippen LogP contribution in [0.4, 0.5) is 5.69 Å². The maximum Gasteiger partial charge on any atom is 0.264 e. The SMILES string of the molecule is CC[C@H](C)NC(=O)[C@H](Cc1ccccc1)N(Cc1cccc(Br)c1)C(=O)CN(c1cccc(OC)c1)S(=O)(=O)c1ccc(C)cc1. The zero-order valence-electron chi connectivity index (χ0n) is 26.5. The van der Waals surface area contributed by atoms with Crippen LogP contribution in [0.3, 0.4) is 0 Å². The number of amides is 2. The average Bonchev–Trinajstić information content (AvgIpc) is 3.05. The van der Waals surface area contributed by atoms with Crippen molar-refractivity contribution in [1.82, 2.24) is 10.2 Å². The number of methoxy groups -OCH3 is 1. The van der Waals surface area contributed by atoms with Crippen LogP contribution in [0.15, 0.2) is 112 Å². The molecule has 8 nitrogen and oxygen atoms in total. The van der Waals surface area contributed by atoms with E-state index < -0.39 is 28.5 Å². The van der Waals surface area contributed by atoms with Gasteiger partial charge in [0.1, 0.15) is 18.3 Å². The summed E-state index contributed by atoms with van der Waals surface area (Å²) in [4.78, 5) is 30.1. The topological polar surface area (TPSA) is 96.0 Å². The number of carbonyl (C=O) groups excluding carboxylic acids is 2. The molecule has 46 heavy (non-hydrogen) atoms. The van der Waals surface area contributed by atoms with Crippen molar-refractivity contribution in [2.45, 2.75) is 57.1 Å². The zero-order chi connectivity index (χ0) is 33.3. The Balaban J connectivity index is 1.82. The summed E-state index contributed by atoms with van der Waals surface area (Å²) in [5.74, 6) is -0.399. The molecule has 0 saturated heterocycles. The van der Waals surface area contributed by atoms with Crippen molar-refractivity contribution >= 4 is 43.5 Å². The van der Waals surface area contributed by atoms with Gasteiger partial charge in [-0.2, -0.15) is 0 Å². The summed E-state index contributed by atoms with van der Waals surface area (Å²) in [6, 6.07) is 29.0. The monoisotopic (exact) mass is 705 g/mol. The Labute approximate surface area is 280 Å². The van der Waals surface area contributed by atoms with Crippen molar-refractivity contribution in [3.05, 3.63) is 124 Å². The molecule has 10 heteroatoms. The molecule has 2 atom stereocenters. The first-order chi connectivity index (χ1) is 22.0. The Kier molecular flexibility index (Phi) is 12.0. The summed E-state index contributed by atoms with van der Waals surface area (Å²) in [6.07, 6.45) is 0.953. The fourth-order valence-corrected chi connectivity index (χ4v) is 6.81. The molecular weight excluding hydrogens is 666 g/mol. The van der Waals surface area contributed by atoms with Crippen molar-refractivity contribution in [3.63, 3.8) is 0 Å². The Bertz CT molecular complexity index is 1730. The Morgan fingerprint density at radius 3 is 2.22 bits per heavy atom. The van der Waals surface area contributed by atoms with E-state index in [2.05, 4.69) is 21.2 Å². The number of hydrogen-bond donors (Lipinski definition) is 1. The van der Waals surface area contributed by atoms with Crippen LogP contribution >= 0.6 is 15.9 Å². The lowest BCUT2D eigenvalue weighted by atomic mass is 10.0. The lowest BCUT2D eigenvalue weighted by Gasteiger charge is -2.34. The molecule has 4 aromatic carbocycles. The molecule has 0 heterocycles. The van der Waals surface area contributed by atoms with Crippen molar-refractivity contribution in [2.75, 3.05) is 18.0 Å². The lowest BCUT2D eigenvalue weighted by molar-refractivity contribution is -0.140. The smallest absolute Gasteiger partial charge is 0.264 e. The quantitative estimate of drug-likeness (QED) is 0.161. The summed E-state index contributed by atoms with van der Waals surface area (Å²) in [5, 5.41) is 3.05. The van der Waals surface area contributed by atoms with Crippen LogP contribution < -0.4 is 14.4 Å². The van der Waals surface area contributed by atoms with Gasteiger partial charge >= 0.3 is 0 Å². The van der Waals surface area contributed by atoms with Gasteiger partial charge in [-0.25, -0.2) is 8.42 Å². The van der Waals surface area contributed by atoms with E-state index in [0.717, 1.165) is 25.5 Å². The molecule has 0 saturated carbocycles. The van der Waals surface area contributed by atoms with Crippen LogP contribution in [0.5, 0.6) is 5.75 Å². The van der Waals surface area contributed by atoms with Crippen molar-refractivity contribution < 1.29 is 22.7 Å². The molecule has 0 aliphatic rings. The lowest BCUT2D eigenvalue weighted by Crippen LogP contribution is -2.54. The fourth-order valence-electron chi connectivity index (χ4n) is 4.96. The molecule has 242 valence electrons. The van der Waals surface area contributed by atoms with Crippen LogP contribution in [0, 0.1) is 6.92 Å². The number of sulfonamides is 1. The third-order valence-corrected chi connectivity index (χ3v) is 10.0. The highest BCUT2D eigenvalue weighted by molar-refractivity contribution is 9.10. The molecule has 0 fully saturated rings. The second kappa shape index (κ2) is 15.9. The molecular formula is C36H40BrN3O5S. The molecule has 2 amide bonds. The fraction of sp³-hybridized carbons (Fsp3) is 0.278. The number of hydrogen-bond acceptors (Lipinski definition) is 5. The second-order valence-electron chi connectivity index (χ2n) is 11.2. The van der Waals surface area contributed by atoms with E-state index in [1.165, 1.54) is 24.1 Å². The number of carbonyl (C=O) groups is 2. The predicted octanol–water partition coefficient (Wildman–Crippen LogP) is 6.52. The van der Waals surface area contributed by atoms with E-state index in [9.17, 15) is 18.0 Å². The first-order valence-corrected chi connectivity index (χ1v) is 17.4. The van der Waals surface area contributed by atoms with E-state index in [-0.39, 0.29) is 35.5 Å². The highest BCUT2D eigenvalue weighted by Crippen LogP contribution is 2.28. The third-order valence-electron chi connectivity index (χ3n) is 7.74. The molecule has 0 aliphatic heterocycles. The van der Waals surface area contributed by atoms with E-state index >= 15 is 0 Å². The van der Waals surface area contributed by atoms with Gasteiger partial charge in [-0.05, 0) is 67.8 Å². The molecule has 0 aromatic heterocycles. The number of benzene rings is 4. The number of anilines is 1. The summed E-state index contributed by atoms with van der Waals surface area (Å²) in [5.41, 5.74) is 2.82. The standard InChI is InChI=1S/C36H40BrN3O5S/c1-5-27(3)38-36(42)34(22-28-11-7-6-8-12-28)39(24-29-13-9-14-30(37)21-29)35(41)25-40(31-15-10-16-32(23-31)45-4)46(43,44)33-19-17-26(2)18-20-33/h6-21,23,27,34H,5,22,24-25H2,1-4H3,(H,38,42)/t27-,34-/m0/s1. The summed E-state index contributed by atoms with van der Waals surface area (Å²) in [6.45, 7) is 5.30. The number of rotatable bonds is 14. The number of nitrogens with zero attached hydrogens (tertiary/aromatic N) is 2. The van der Waals surface area contributed by atoms with Crippen molar-refractivity contribution in [2.24, 2.45) is 0 Å². The van der Waals surface area contributed by atoms with Gasteiger partial charge in [-0.3, -0.25) is 13.9 Å². The van der Waals surface area contributed by atoms with E-state index in [0.29, 0.717) is 12.2 Å². The Morgan fingerprint density at radius 1 is 0.891 bits per heavy atom. The van der Waals surface area contributed by atoms with Gasteiger partial charge in [-0.15, -0.1) is 0 Å². The average molecular weight is 707 g/mol. The molecule has 4 aromatic rings. The first-order valence-electron chi connectivity index (χ1n) is 15.1. The van der Waals surface area contributed by atoms with Gasteiger partial charge in [-0.1, -0.05) is 89.1 Å². The molecule has 0 unspecified atom stereocenters. The maximum atomic E-state index is 14.6. The van der Waals surface area contributed by atoms with Gasteiger partial charge in [0.05, 0.1) is 17.7 Å². The summed E-state index contributed by atoms with van der Waals surface area (Å²) in [7, 11) is -2.72. The first kappa shape index (κ1) is 34.7. The van der Waals surface area contributed by atoms with Gasteiger partial charge in [0.25, 0.3) is 10.0 Å². The van der Waals surface area contributed by atoms with Gasteiger partial charge in [0, 0.05) is 29.5 Å². The summed E-state index contributed by atoms with van der Waals surface area (Å²) >= 11 is 3.51. The minimum Gasteiger partial charge on any atom is -0.497 e. The number of ether oxygens (including phenoxy) is 1. The number of nitrogens with one attached hydrogen (secondary N) is 1. The third kappa shape index (κ3) is 8.98. The molecule has 1 N–H and O–H groups in total. The van der Waals surface area contributed by atoms with E-state index in [4.69, 9.17) is 4.74 Å². The summed E-state index contributed by atoms with van der Waals surface area (Å²) < 4.78 is 35.7. The molecule has 0 spiro atoms. The van der Waals surface area contributed by atoms with Gasteiger partial charge in [0.15, 0.2) is 0 Å². The zero-order valence-corrected chi connectivity index (χ0v) is 28.9. The van der Waals surface area contributed by atoms with Gasteiger partial charge in [0.2, 0.25) is 11.8 Å². The van der Waals surface area contributed by atoms with Crippen LogP contribution in [0.25, 0.3) is 0 Å². The van der Waals surface area contributed by atoms with Crippen LogP contribution in [-0.4, -0.2) is 50.9 Å². The number of halogens is 1. The van der Waals surface area contributed by atoms with Crippen molar-refractivity contribution in [3.8, 4) is 5.75 Å². The largest absolute Gasteiger partial charge is 0.497 e. The molecule has 0 aliphatic carbocycles. The normalized spacial score (nSPS) is 12.5. The molecule has 0 bridgehead atoms. The number of aryl methyl sites for hydroxylation is 1. The Hall–Kier alpha value is -4.15. The highest BCUT2D eigenvalue weighted by atomic mass is 79.9. The second-order valence-corrected chi connectivity index (χ2v) is 14.0. The van der Waals surface area contributed by atoms with E-state index in [1.54, 1.807) is 36.4 Å². The Morgan fingerprint density at radius 2 is 1.57 bits per heavy atom. The van der Waals surface area contributed by atoms with Gasteiger partial charge < -0.3 is 15.0 Å². The van der Waals surface area contributed by atoms with Crippen molar-refractivity contribution in [1.29, 1.82) is 0 Å². The van der Waals surface area contributed by atoms with Crippen LogP contribution in [0.1, 0.15) is 37.0 Å². The molecule has 0 radical (unpaired) electrons. The van der Waals surface area contributed by atoms with Crippen LogP contribution in [0.2, 0.25) is 0 Å². The maximum absolute atomic E-state index is 14.6. The predicted molar refractivity (Wildman–Crippen MR) is 185 cm³/mol. The minimum atomic E-state index is -4.21. The van der Waals surface area contributed by atoms with Crippen LogP contribution in [-0.2, 0) is 32.6 Å².